The quantitative estimate of drug-likeness (QED) is 0.481. The summed E-state index contributed by atoms with van der Waals surface area (Å²) < 4.78 is 29.5. The van der Waals surface area contributed by atoms with Crippen molar-refractivity contribution in [2.24, 2.45) is 0 Å². The number of benzene rings is 2. The van der Waals surface area contributed by atoms with E-state index in [2.05, 4.69) is 11.0 Å². The van der Waals surface area contributed by atoms with Gasteiger partial charge in [0.25, 0.3) is 0 Å². The van der Waals surface area contributed by atoms with Crippen LogP contribution < -0.4 is 4.90 Å². The molecule has 2 aromatic heterocycles. The molecule has 1 aliphatic rings. The number of pyridine rings is 1. The van der Waals surface area contributed by atoms with Gasteiger partial charge in [0, 0.05) is 26.2 Å². The highest BCUT2D eigenvalue weighted by Gasteiger charge is 2.29. The van der Waals surface area contributed by atoms with Crippen LogP contribution in [0.5, 0.6) is 0 Å². The third-order valence-electron chi connectivity index (χ3n) is 6.01. The molecule has 0 amide bonds. The predicted octanol–water partition coefficient (Wildman–Crippen LogP) is 3.32. The lowest BCUT2D eigenvalue weighted by molar-refractivity contribution is 0.383. The molecule has 0 radical (unpaired) electrons. The molecule has 5 rings (SSSR count). The van der Waals surface area contributed by atoms with Gasteiger partial charge in [0.15, 0.2) is 5.65 Å². The zero-order valence-electron chi connectivity index (χ0n) is 17.8. The maximum atomic E-state index is 12.9. The van der Waals surface area contributed by atoms with E-state index in [0.29, 0.717) is 37.4 Å². The normalized spacial score (nSPS) is 15.3. The van der Waals surface area contributed by atoms with E-state index in [-0.39, 0.29) is 5.75 Å². The Hall–Kier alpha value is -3.41. The van der Waals surface area contributed by atoms with Crippen molar-refractivity contribution in [1.29, 1.82) is 5.26 Å². The molecule has 1 aliphatic heterocycles. The van der Waals surface area contributed by atoms with Gasteiger partial charge >= 0.3 is 0 Å². The summed E-state index contributed by atoms with van der Waals surface area (Å²) in [6.07, 6.45) is 0. The van der Waals surface area contributed by atoms with Crippen molar-refractivity contribution in [3.05, 3.63) is 77.4 Å². The van der Waals surface area contributed by atoms with Crippen LogP contribution in [0.3, 0.4) is 0 Å². The average molecular weight is 446 g/mol. The fraction of sp³-hybridized carbons (Fsp3) is 0.250. The number of nitrogens with zero attached hydrogens (tertiary/aromatic N) is 5. The number of aromatic nitrogens is 2. The Morgan fingerprint density at radius 1 is 1.00 bits per heavy atom. The van der Waals surface area contributed by atoms with Crippen LogP contribution in [0.2, 0.25) is 0 Å². The SMILES string of the molecule is Cc1cc(N2CCN(S(=O)(=O)Cc3ccccc3)CC2)n2c(nc3ccccc32)c1C#N. The number of para-hydroxylation sites is 2. The molecule has 0 saturated carbocycles. The van der Waals surface area contributed by atoms with Crippen LogP contribution in [-0.2, 0) is 15.8 Å². The molecule has 0 aliphatic carbocycles. The Morgan fingerprint density at radius 2 is 1.69 bits per heavy atom. The van der Waals surface area contributed by atoms with Crippen LogP contribution in [0.1, 0.15) is 16.7 Å². The summed E-state index contributed by atoms with van der Waals surface area (Å²) >= 11 is 0. The number of hydrogen-bond donors (Lipinski definition) is 0. The monoisotopic (exact) mass is 445 g/mol. The second kappa shape index (κ2) is 7.93. The highest BCUT2D eigenvalue weighted by Crippen LogP contribution is 2.29. The Morgan fingerprint density at radius 3 is 2.41 bits per heavy atom. The summed E-state index contributed by atoms with van der Waals surface area (Å²) in [5.74, 6) is 0.950. The van der Waals surface area contributed by atoms with E-state index in [1.54, 1.807) is 4.31 Å². The van der Waals surface area contributed by atoms with Crippen molar-refractivity contribution in [1.82, 2.24) is 13.7 Å². The van der Waals surface area contributed by atoms with E-state index < -0.39 is 10.0 Å². The smallest absolute Gasteiger partial charge is 0.218 e. The molecule has 4 aromatic rings. The number of hydrogen-bond acceptors (Lipinski definition) is 5. The number of rotatable bonds is 4. The molecule has 1 saturated heterocycles. The second-order valence-corrected chi connectivity index (χ2v) is 10.0. The number of anilines is 1. The highest BCUT2D eigenvalue weighted by molar-refractivity contribution is 7.88. The van der Waals surface area contributed by atoms with Gasteiger partial charge in [-0.05, 0) is 36.2 Å². The van der Waals surface area contributed by atoms with E-state index in [1.807, 2.05) is 72.0 Å². The molecular weight excluding hydrogens is 422 g/mol. The molecule has 3 heterocycles. The zero-order valence-corrected chi connectivity index (χ0v) is 18.6. The molecule has 0 bridgehead atoms. The molecule has 0 atom stereocenters. The lowest BCUT2D eigenvalue weighted by Gasteiger charge is -2.36. The number of piperazine rings is 1. The van der Waals surface area contributed by atoms with Crippen LogP contribution in [0.4, 0.5) is 5.82 Å². The number of imidazole rings is 1. The van der Waals surface area contributed by atoms with Crippen molar-refractivity contribution in [2.45, 2.75) is 12.7 Å². The summed E-state index contributed by atoms with van der Waals surface area (Å²) in [5, 5.41) is 9.70. The molecule has 8 heteroatoms. The van der Waals surface area contributed by atoms with Gasteiger partial charge in [-0.25, -0.2) is 13.4 Å². The summed E-state index contributed by atoms with van der Waals surface area (Å²) in [7, 11) is -3.38. The van der Waals surface area contributed by atoms with Crippen LogP contribution in [0.25, 0.3) is 16.7 Å². The van der Waals surface area contributed by atoms with Crippen molar-refractivity contribution < 1.29 is 8.42 Å². The van der Waals surface area contributed by atoms with Crippen molar-refractivity contribution in [2.75, 3.05) is 31.1 Å². The van der Waals surface area contributed by atoms with Gasteiger partial charge in [0.05, 0.1) is 22.3 Å². The second-order valence-electron chi connectivity index (χ2n) is 8.06. The fourth-order valence-electron chi connectivity index (χ4n) is 4.37. The van der Waals surface area contributed by atoms with E-state index >= 15 is 0 Å². The third-order valence-corrected chi connectivity index (χ3v) is 7.86. The minimum atomic E-state index is -3.38. The minimum Gasteiger partial charge on any atom is -0.355 e. The van der Waals surface area contributed by atoms with Crippen LogP contribution in [-0.4, -0.2) is 48.3 Å². The zero-order chi connectivity index (χ0) is 22.3. The standard InChI is InChI=1S/C24H23N5O2S/c1-18-15-23(29-22-10-6-5-9-21(22)26-24(29)20(18)16-25)27-11-13-28(14-12-27)32(30,31)17-19-7-3-2-4-8-19/h2-10,15H,11-14,17H2,1H3. The molecule has 0 spiro atoms. The average Bonchev–Trinajstić information content (AvgIpc) is 3.18. The summed E-state index contributed by atoms with van der Waals surface area (Å²) in [4.78, 5) is 6.90. The van der Waals surface area contributed by atoms with E-state index in [4.69, 9.17) is 4.98 Å². The van der Waals surface area contributed by atoms with E-state index in [1.165, 1.54) is 0 Å². The summed E-state index contributed by atoms with van der Waals surface area (Å²) in [6.45, 7) is 3.90. The molecule has 162 valence electrons. The summed E-state index contributed by atoms with van der Waals surface area (Å²) in [6, 6.07) is 21.4. The molecular formula is C24H23N5O2S. The number of fused-ring (bicyclic) bond motifs is 3. The molecule has 0 N–H and O–H groups in total. The summed E-state index contributed by atoms with van der Waals surface area (Å²) in [5.41, 5.74) is 4.64. The Balaban J connectivity index is 1.46. The fourth-order valence-corrected chi connectivity index (χ4v) is 5.89. The Kier molecular flexibility index (Phi) is 5.08. The first-order chi connectivity index (χ1) is 15.5. The molecule has 7 nitrogen and oxygen atoms in total. The number of aryl methyl sites for hydroxylation is 1. The van der Waals surface area contributed by atoms with Gasteiger partial charge in [0.1, 0.15) is 11.9 Å². The van der Waals surface area contributed by atoms with Crippen molar-refractivity contribution in [3.8, 4) is 6.07 Å². The van der Waals surface area contributed by atoms with E-state index in [9.17, 15) is 13.7 Å². The Labute approximate surface area is 187 Å². The first-order valence-electron chi connectivity index (χ1n) is 10.6. The van der Waals surface area contributed by atoms with Gasteiger partial charge < -0.3 is 4.90 Å². The van der Waals surface area contributed by atoms with Crippen molar-refractivity contribution >= 4 is 32.5 Å². The van der Waals surface area contributed by atoms with E-state index in [0.717, 1.165) is 28.0 Å². The molecule has 0 unspecified atom stereocenters. The Bertz CT molecular complexity index is 1450. The van der Waals surface area contributed by atoms with Gasteiger partial charge in [-0.3, -0.25) is 4.40 Å². The number of nitriles is 1. The maximum Gasteiger partial charge on any atom is 0.218 e. The van der Waals surface area contributed by atoms with Gasteiger partial charge in [0.2, 0.25) is 10.0 Å². The maximum absolute atomic E-state index is 12.9. The largest absolute Gasteiger partial charge is 0.355 e. The lowest BCUT2D eigenvalue weighted by atomic mass is 10.1. The van der Waals surface area contributed by atoms with Crippen molar-refractivity contribution in [3.63, 3.8) is 0 Å². The topological polar surface area (TPSA) is 81.7 Å². The van der Waals surface area contributed by atoms with Gasteiger partial charge in [-0.1, -0.05) is 42.5 Å². The minimum absolute atomic E-state index is 0.0141. The number of sulfonamides is 1. The molecule has 2 aromatic carbocycles. The molecule has 32 heavy (non-hydrogen) atoms. The van der Waals surface area contributed by atoms with Crippen LogP contribution in [0, 0.1) is 18.3 Å². The van der Waals surface area contributed by atoms with Crippen LogP contribution >= 0.6 is 0 Å². The molecule has 1 fully saturated rings. The van der Waals surface area contributed by atoms with Gasteiger partial charge in [-0.15, -0.1) is 0 Å². The predicted molar refractivity (Wildman–Crippen MR) is 125 cm³/mol. The van der Waals surface area contributed by atoms with Gasteiger partial charge in [-0.2, -0.15) is 9.57 Å². The lowest BCUT2D eigenvalue weighted by Crippen LogP contribution is -2.49. The first kappa shape index (κ1) is 20.5. The van der Waals surface area contributed by atoms with Crippen LogP contribution in [0.15, 0.2) is 60.7 Å². The highest BCUT2D eigenvalue weighted by atomic mass is 32.2. The first-order valence-corrected chi connectivity index (χ1v) is 12.2. The third kappa shape index (κ3) is 3.49.